The van der Waals surface area contributed by atoms with Gasteiger partial charge >= 0.3 is 11.9 Å². The second-order valence-electron chi connectivity index (χ2n) is 7.02. The Morgan fingerprint density at radius 3 is 1.59 bits per heavy atom. The van der Waals surface area contributed by atoms with Gasteiger partial charge in [-0.1, -0.05) is 0 Å². The Hall–Kier alpha value is -2.48. The highest BCUT2D eigenvalue weighted by Gasteiger charge is 2.08. The Kier molecular flexibility index (Phi) is 8.53. The summed E-state index contributed by atoms with van der Waals surface area (Å²) >= 11 is 13.1. The third-order valence-corrected chi connectivity index (χ3v) is 6.92. The maximum Gasteiger partial charge on any atom is 0.313 e. The molecular formula is C22H20N2O6S4. The smallest absolute Gasteiger partial charge is 0.313 e. The highest BCUT2D eigenvalue weighted by molar-refractivity contribution is 7.74. The van der Waals surface area contributed by atoms with Gasteiger partial charge in [-0.25, -0.2) is 0 Å². The molecule has 2 heterocycles. The van der Waals surface area contributed by atoms with E-state index in [-0.39, 0.29) is 38.0 Å². The van der Waals surface area contributed by atoms with Gasteiger partial charge in [0.2, 0.25) is 0 Å². The van der Waals surface area contributed by atoms with Gasteiger partial charge in [-0.2, -0.15) is 0 Å². The lowest BCUT2D eigenvalue weighted by Crippen LogP contribution is -2.15. The number of benzene rings is 2. The number of carbonyl (C=O) groups is 2. The van der Waals surface area contributed by atoms with Crippen LogP contribution >= 0.6 is 47.1 Å². The normalized spacial score (nSPS) is 11.2. The Morgan fingerprint density at radius 2 is 1.15 bits per heavy atom. The molecule has 0 bridgehead atoms. The zero-order valence-corrected chi connectivity index (χ0v) is 21.1. The molecular weight excluding hydrogens is 517 g/mol. The molecule has 0 spiro atoms. The summed E-state index contributed by atoms with van der Waals surface area (Å²) < 4.78 is 24.6. The van der Waals surface area contributed by atoms with Crippen LogP contribution in [0.3, 0.4) is 0 Å². The van der Waals surface area contributed by atoms with Gasteiger partial charge in [0.05, 0.1) is 59.7 Å². The molecule has 2 aromatic heterocycles. The van der Waals surface area contributed by atoms with Gasteiger partial charge in [0.15, 0.2) is 7.91 Å². The molecule has 0 fully saturated rings. The van der Waals surface area contributed by atoms with E-state index < -0.39 is 0 Å². The van der Waals surface area contributed by atoms with Crippen LogP contribution in [0.4, 0.5) is 0 Å². The van der Waals surface area contributed by atoms with Crippen LogP contribution in [0.5, 0.6) is 11.5 Å². The number of aromatic nitrogens is 2. The quantitative estimate of drug-likeness (QED) is 0.111. The molecule has 4 aromatic rings. The largest absolute Gasteiger partial charge is 0.426 e. The van der Waals surface area contributed by atoms with Crippen LogP contribution in [0.15, 0.2) is 36.4 Å². The maximum absolute atomic E-state index is 12.0. The van der Waals surface area contributed by atoms with Crippen molar-refractivity contribution in [3.05, 3.63) is 44.3 Å². The summed E-state index contributed by atoms with van der Waals surface area (Å²) in [6.07, 6.45) is 0.235. The number of thiazole rings is 2. The molecule has 0 aliphatic carbocycles. The van der Waals surface area contributed by atoms with E-state index in [4.69, 9.17) is 43.4 Å². The first-order chi connectivity index (χ1) is 16.5. The van der Waals surface area contributed by atoms with Crippen LogP contribution in [0.1, 0.15) is 12.8 Å². The first-order valence-corrected chi connectivity index (χ1v) is 12.7. The molecule has 34 heavy (non-hydrogen) atoms. The highest BCUT2D eigenvalue weighted by Crippen LogP contribution is 2.25. The van der Waals surface area contributed by atoms with Crippen molar-refractivity contribution in [2.45, 2.75) is 12.8 Å². The van der Waals surface area contributed by atoms with Crippen LogP contribution < -0.4 is 9.47 Å². The topological polar surface area (TPSA) is 103 Å². The van der Waals surface area contributed by atoms with Crippen LogP contribution in [0.25, 0.3) is 20.4 Å². The summed E-state index contributed by atoms with van der Waals surface area (Å²) in [6.45, 7) is 1.03. The van der Waals surface area contributed by atoms with Crippen molar-refractivity contribution < 1.29 is 28.5 Å². The van der Waals surface area contributed by atoms with Crippen molar-refractivity contribution in [1.29, 1.82) is 0 Å². The minimum Gasteiger partial charge on any atom is -0.426 e. The van der Waals surface area contributed by atoms with E-state index in [1.807, 2.05) is 12.1 Å². The predicted molar refractivity (Wildman–Crippen MR) is 136 cm³/mol. The Balaban J connectivity index is 1.06. The van der Waals surface area contributed by atoms with Gasteiger partial charge in [-0.05, 0) is 48.7 Å². The molecule has 2 aromatic carbocycles. The zero-order chi connectivity index (χ0) is 23.9. The fraction of sp³-hybridized carbons (Fsp3) is 0.273. The fourth-order valence-electron chi connectivity index (χ4n) is 2.98. The van der Waals surface area contributed by atoms with Crippen LogP contribution in [0.2, 0.25) is 0 Å². The lowest BCUT2D eigenvalue weighted by Gasteiger charge is -2.07. The Morgan fingerprint density at radius 1 is 0.706 bits per heavy atom. The Bertz CT molecular complexity index is 1310. The SMILES string of the molecule is O=C(CCOCCOCCC(=O)Oc1ccc2[nH]c(=S)sc2c1)Oc1ccc2[nH]c(=S)sc2c1. The average Bonchev–Trinajstić information content (AvgIpc) is 3.35. The van der Waals surface area contributed by atoms with Crippen molar-refractivity contribution in [2.75, 3.05) is 26.4 Å². The van der Waals surface area contributed by atoms with Crippen molar-refractivity contribution >= 4 is 79.5 Å². The monoisotopic (exact) mass is 536 g/mol. The lowest BCUT2D eigenvalue weighted by molar-refractivity contribution is -0.137. The van der Waals surface area contributed by atoms with Crippen molar-refractivity contribution in [3.63, 3.8) is 0 Å². The molecule has 0 unspecified atom stereocenters. The van der Waals surface area contributed by atoms with E-state index in [2.05, 4.69) is 9.97 Å². The molecule has 178 valence electrons. The molecule has 4 rings (SSSR count). The first kappa shape index (κ1) is 24.6. The number of rotatable bonds is 11. The predicted octanol–water partition coefficient (Wildman–Crippen LogP) is 5.56. The summed E-state index contributed by atoms with van der Waals surface area (Å²) in [4.78, 5) is 30.1. The van der Waals surface area contributed by atoms with Gasteiger partial charge in [0, 0.05) is 12.1 Å². The highest BCUT2D eigenvalue weighted by atomic mass is 32.2. The molecule has 0 aliphatic heterocycles. The summed E-state index contributed by atoms with van der Waals surface area (Å²) in [5.74, 6) is 0.169. The molecule has 8 nitrogen and oxygen atoms in total. The molecule has 0 radical (unpaired) electrons. The molecule has 12 heteroatoms. The van der Waals surface area contributed by atoms with E-state index in [0.29, 0.717) is 32.6 Å². The van der Waals surface area contributed by atoms with Crippen LogP contribution in [-0.2, 0) is 19.1 Å². The van der Waals surface area contributed by atoms with E-state index in [1.54, 1.807) is 24.3 Å². The second kappa shape index (κ2) is 11.8. The number of esters is 2. The number of H-pyrrole nitrogens is 2. The summed E-state index contributed by atoms with van der Waals surface area (Å²) in [5.41, 5.74) is 1.83. The number of hydrogen-bond donors (Lipinski definition) is 2. The van der Waals surface area contributed by atoms with Crippen LogP contribution in [0, 0.1) is 7.91 Å². The van der Waals surface area contributed by atoms with Gasteiger partial charge in [-0.3, -0.25) is 9.59 Å². The molecule has 0 amide bonds. The number of aromatic amines is 2. The molecule has 2 N–H and O–H groups in total. The number of ether oxygens (including phenoxy) is 4. The molecule has 0 saturated carbocycles. The minimum atomic E-state index is -0.385. The van der Waals surface area contributed by atoms with E-state index in [0.717, 1.165) is 20.4 Å². The molecule has 0 aliphatic rings. The van der Waals surface area contributed by atoms with Crippen LogP contribution in [-0.4, -0.2) is 48.3 Å². The van der Waals surface area contributed by atoms with Crippen molar-refractivity contribution in [3.8, 4) is 11.5 Å². The minimum absolute atomic E-state index is 0.118. The summed E-state index contributed by atoms with van der Waals surface area (Å²) in [7, 11) is 0. The molecule has 0 atom stereocenters. The second-order valence-corrected chi connectivity index (χ2v) is 10.5. The number of carbonyl (C=O) groups excluding carboxylic acids is 2. The maximum atomic E-state index is 12.0. The zero-order valence-electron chi connectivity index (χ0n) is 17.8. The lowest BCUT2D eigenvalue weighted by atomic mass is 10.3. The Labute approximate surface area is 212 Å². The average molecular weight is 537 g/mol. The first-order valence-electron chi connectivity index (χ1n) is 10.3. The standard InChI is InChI=1S/C22H20N2O6S4/c25-19(29-13-1-3-15-17(11-13)33-21(31)23-15)5-7-27-9-10-28-8-6-20(26)30-14-2-4-16-18(12-14)34-22(32)24-16/h1-4,11-12H,5-10H2,(H,23,31)(H,24,32). The third kappa shape index (κ3) is 7.01. The van der Waals surface area contributed by atoms with E-state index >= 15 is 0 Å². The molecule has 0 saturated heterocycles. The summed E-state index contributed by atoms with van der Waals surface area (Å²) in [5, 5.41) is 0. The van der Waals surface area contributed by atoms with Crippen molar-refractivity contribution in [2.24, 2.45) is 0 Å². The summed E-state index contributed by atoms with van der Waals surface area (Å²) in [6, 6.07) is 10.6. The number of hydrogen-bond acceptors (Lipinski definition) is 10. The van der Waals surface area contributed by atoms with Gasteiger partial charge in [-0.15, -0.1) is 22.7 Å². The van der Waals surface area contributed by atoms with Gasteiger partial charge < -0.3 is 28.9 Å². The van der Waals surface area contributed by atoms with Gasteiger partial charge in [0.1, 0.15) is 11.5 Å². The van der Waals surface area contributed by atoms with Gasteiger partial charge in [0.25, 0.3) is 0 Å². The van der Waals surface area contributed by atoms with E-state index in [1.165, 1.54) is 22.7 Å². The van der Waals surface area contributed by atoms with E-state index in [9.17, 15) is 9.59 Å². The number of fused-ring (bicyclic) bond motifs is 2. The number of nitrogens with one attached hydrogen (secondary N) is 2. The van der Waals surface area contributed by atoms with Crippen molar-refractivity contribution in [1.82, 2.24) is 9.97 Å². The fourth-order valence-corrected chi connectivity index (χ4v) is 5.26. The third-order valence-electron chi connectivity index (χ3n) is 4.52.